The van der Waals surface area contributed by atoms with E-state index in [0.29, 0.717) is 5.56 Å². The van der Waals surface area contributed by atoms with Crippen molar-refractivity contribution in [1.29, 1.82) is 0 Å². The van der Waals surface area contributed by atoms with E-state index in [9.17, 15) is 18.3 Å². The van der Waals surface area contributed by atoms with E-state index in [-0.39, 0.29) is 22.2 Å². The second-order valence-electron chi connectivity index (χ2n) is 4.15. The Bertz CT molecular complexity index is 632. The normalized spacial score (nSPS) is 13.0. The molecule has 0 saturated heterocycles. The van der Waals surface area contributed by atoms with Crippen molar-refractivity contribution in [3.05, 3.63) is 52.7 Å². The molecule has 0 spiro atoms. The molecule has 0 aliphatic rings. The molecule has 0 aliphatic carbocycles. The quantitative estimate of drug-likeness (QED) is 0.911. The zero-order valence-corrected chi connectivity index (χ0v) is 11.2. The van der Waals surface area contributed by atoms with Crippen molar-refractivity contribution < 1.29 is 23.0 Å². The van der Waals surface area contributed by atoms with Gasteiger partial charge in [-0.25, -0.2) is 4.98 Å². The number of hydrogen-bond acceptors (Lipinski definition) is 4. The first kappa shape index (κ1) is 15.4. The van der Waals surface area contributed by atoms with Gasteiger partial charge in [-0.15, -0.1) is 13.2 Å². The van der Waals surface area contributed by atoms with Gasteiger partial charge >= 0.3 is 6.36 Å². The number of pyridine rings is 1. The highest BCUT2D eigenvalue weighted by atomic mass is 35.5. The van der Waals surface area contributed by atoms with E-state index in [4.69, 9.17) is 17.3 Å². The number of nitrogen functional groups attached to an aromatic ring is 1. The highest BCUT2D eigenvalue weighted by Crippen LogP contribution is 2.30. The predicted octanol–water partition coefficient (Wildman–Crippen LogP) is 3.30. The van der Waals surface area contributed by atoms with E-state index in [1.54, 1.807) is 0 Å². The first-order chi connectivity index (χ1) is 9.76. The first-order valence-corrected chi connectivity index (χ1v) is 6.09. The number of halogens is 4. The molecule has 1 unspecified atom stereocenters. The van der Waals surface area contributed by atoms with E-state index in [1.807, 2.05) is 0 Å². The van der Waals surface area contributed by atoms with E-state index >= 15 is 0 Å². The smallest absolute Gasteiger partial charge is 0.406 e. The molecule has 0 bridgehead atoms. The van der Waals surface area contributed by atoms with Crippen molar-refractivity contribution in [3.8, 4) is 5.75 Å². The summed E-state index contributed by atoms with van der Waals surface area (Å²) in [5.74, 6) is -0.293. The predicted molar refractivity (Wildman–Crippen MR) is 70.8 cm³/mol. The number of benzene rings is 1. The van der Waals surface area contributed by atoms with Crippen LogP contribution in [0.1, 0.15) is 17.2 Å². The molecule has 21 heavy (non-hydrogen) atoms. The zero-order chi connectivity index (χ0) is 15.6. The van der Waals surface area contributed by atoms with Gasteiger partial charge in [0.1, 0.15) is 17.7 Å². The van der Waals surface area contributed by atoms with Gasteiger partial charge in [0.15, 0.2) is 0 Å². The van der Waals surface area contributed by atoms with Gasteiger partial charge in [-0.05, 0) is 23.8 Å². The van der Waals surface area contributed by atoms with Gasteiger partial charge in [-0.3, -0.25) is 0 Å². The number of aromatic nitrogens is 1. The van der Waals surface area contributed by atoms with Crippen LogP contribution in [0.5, 0.6) is 5.75 Å². The SMILES string of the molecule is Nc1ncc(Cl)cc1C(O)c1ccc(OC(F)(F)F)cc1. The Morgan fingerprint density at radius 3 is 2.43 bits per heavy atom. The maximum atomic E-state index is 12.1. The van der Waals surface area contributed by atoms with Crippen molar-refractivity contribution in [2.75, 3.05) is 5.73 Å². The third-order valence-electron chi connectivity index (χ3n) is 2.64. The minimum Gasteiger partial charge on any atom is -0.406 e. The van der Waals surface area contributed by atoms with E-state index in [1.165, 1.54) is 24.4 Å². The van der Waals surface area contributed by atoms with Crippen molar-refractivity contribution in [2.24, 2.45) is 0 Å². The Morgan fingerprint density at radius 1 is 1.24 bits per heavy atom. The third-order valence-corrected chi connectivity index (χ3v) is 2.85. The molecule has 1 atom stereocenters. The highest BCUT2D eigenvalue weighted by Gasteiger charge is 2.31. The largest absolute Gasteiger partial charge is 0.573 e. The summed E-state index contributed by atoms with van der Waals surface area (Å²) in [6, 6.07) is 6.23. The molecule has 3 N–H and O–H groups in total. The summed E-state index contributed by atoms with van der Waals surface area (Å²) >= 11 is 5.77. The van der Waals surface area contributed by atoms with E-state index in [0.717, 1.165) is 12.1 Å². The lowest BCUT2D eigenvalue weighted by Gasteiger charge is -2.14. The third kappa shape index (κ3) is 3.99. The van der Waals surface area contributed by atoms with Crippen LogP contribution < -0.4 is 10.5 Å². The summed E-state index contributed by atoms with van der Waals surface area (Å²) in [4.78, 5) is 3.80. The van der Waals surface area contributed by atoms with Crippen LogP contribution in [0.4, 0.5) is 19.0 Å². The number of anilines is 1. The minimum atomic E-state index is -4.76. The number of aliphatic hydroxyl groups excluding tert-OH is 1. The maximum absolute atomic E-state index is 12.1. The van der Waals surface area contributed by atoms with Crippen molar-refractivity contribution in [3.63, 3.8) is 0 Å². The Hall–Kier alpha value is -1.99. The molecular weight excluding hydrogens is 309 g/mol. The molecule has 0 aliphatic heterocycles. The number of rotatable bonds is 3. The molecule has 2 rings (SSSR count). The van der Waals surface area contributed by atoms with Crippen LogP contribution in [0.2, 0.25) is 5.02 Å². The molecule has 0 amide bonds. The summed E-state index contributed by atoms with van der Waals surface area (Å²) in [5, 5.41) is 10.5. The van der Waals surface area contributed by atoms with Gasteiger partial charge < -0.3 is 15.6 Å². The molecule has 0 fully saturated rings. The van der Waals surface area contributed by atoms with Gasteiger partial charge in [0.25, 0.3) is 0 Å². The molecule has 1 aromatic heterocycles. The first-order valence-electron chi connectivity index (χ1n) is 5.71. The van der Waals surface area contributed by atoms with Gasteiger partial charge in [0.05, 0.1) is 5.02 Å². The molecule has 8 heteroatoms. The Balaban J connectivity index is 2.24. The fourth-order valence-electron chi connectivity index (χ4n) is 1.72. The lowest BCUT2D eigenvalue weighted by Crippen LogP contribution is -2.17. The molecule has 1 heterocycles. The number of hydrogen-bond donors (Lipinski definition) is 2. The standard InChI is InChI=1S/C13H10ClF3N2O2/c14-8-5-10(12(18)19-6-8)11(20)7-1-3-9(4-2-7)21-13(15,16)17/h1-6,11,20H,(H2,18,19). The topological polar surface area (TPSA) is 68.4 Å². The summed E-state index contributed by atoms with van der Waals surface area (Å²) in [5.41, 5.74) is 6.24. The van der Waals surface area contributed by atoms with Crippen molar-refractivity contribution in [1.82, 2.24) is 4.98 Å². The summed E-state index contributed by atoms with van der Waals surface area (Å²) in [6.45, 7) is 0. The summed E-state index contributed by atoms with van der Waals surface area (Å²) in [6.07, 6.45) is -4.59. The van der Waals surface area contributed by atoms with Crippen molar-refractivity contribution in [2.45, 2.75) is 12.5 Å². The maximum Gasteiger partial charge on any atom is 0.573 e. The summed E-state index contributed by atoms with van der Waals surface area (Å²) in [7, 11) is 0. The second-order valence-corrected chi connectivity index (χ2v) is 4.58. The Morgan fingerprint density at radius 2 is 1.86 bits per heavy atom. The number of nitrogens with two attached hydrogens (primary N) is 1. The van der Waals surface area contributed by atoms with Gasteiger partial charge in [0.2, 0.25) is 0 Å². The van der Waals surface area contributed by atoms with E-state index < -0.39 is 12.5 Å². The zero-order valence-electron chi connectivity index (χ0n) is 10.4. The van der Waals surface area contributed by atoms with Crippen LogP contribution >= 0.6 is 11.6 Å². The molecule has 112 valence electrons. The molecule has 0 saturated carbocycles. The minimum absolute atomic E-state index is 0.0857. The Kier molecular flexibility index (Phi) is 4.24. The van der Waals surface area contributed by atoms with Crippen LogP contribution in [-0.2, 0) is 0 Å². The summed E-state index contributed by atoms with van der Waals surface area (Å²) < 4.78 is 39.9. The second kappa shape index (κ2) is 5.79. The van der Waals surface area contributed by atoms with Crippen LogP contribution in [0, 0.1) is 0 Å². The lowest BCUT2D eigenvalue weighted by molar-refractivity contribution is -0.274. The highest BCUT2D eigenvalue weighted by molar-refractivity contribution is 6.30. The van der Waals surface area contributed by atoms with Crippen LogP contribution in [-0.4, -0.2) is 16.5 Å². The van der Waals surface area contributed by atoms with Crippen molar-refractivity contribution >= 4 is 17.4 Å². The number of ether oxygens (including phenoxy) is 1. The molecule has 1 aromatic carbocycles. The average molecular weight is 319 g/mol. The van der Waals surface area contributed by atoms with Crippen LogP contribution in [0.25, 0.3) is 0 Å². The van der Waals surface area contributed by atoms with Gasteiger partial charge in [0, 0.05) is 11.8 Å². The number of alkyl halides is 3. The van der Waals surface area contributed by atoms with Crippen LogP contribution in [0.15, 0.2) is 36.5 Å². The molecular formula is C13H10ClF3N2O2. The number of nitrogens with zero attached hydrogens (tertiary/aromatic N) is 1. The lowest BCUT2D eigenvalue weighted by atomic mass is 10.0. The average Bonchev–Trinajstić information content (AvgIpc) is 2.40. The van der Waals surface area contributed by atoms with Gasteiger partial charge in [-0.2, -0.15) is 0 Å². The molecule has 2 aromatic rings. The monoisotopic (exact) mass is 318 g/mol. The molecule has 0 radical (unpaired) electrons. The number of aliphatic hydroxyl groups is 1. The van der Waals surface area contributed by atoms with Gasteiger partial charge in [-0.1, -0.05) is 23.7 Å². The Labute approximate surface area is 122 Å². The molecule has 4 nitrogen and oxygen atoms in total. The fraction of sp³-hybridized carbons (Fsp3) is 0.154. The van der Waals surface area contributed by atoms with Crippen LogP contribution in [0.3, 0.4) is 0 Å². The van der Waals surface area contributed by atoms with E-state index in [2.05, 4.69) is 9.72 Å². The fourth-order valence-corrected chi connectivity index (χ4v) is 1.88.